The van der Waals surface area contributed by atoms with Gasteiger partial charge < -0.3 is 10.4 Å². The number of carbonyl (C=O) groups is 1. The van der Waals surface area contributed by atoms with Crippen LogP contribution in [-0.4, -0.2) is 22.0 Å². The maximum absolute atomic E-state index is 15.6. The third-order valence-electron chi connectivity index (χ3n) is 5.17. The Bertz CT molecular complexity index is 878. The van der Waals surface area contributed by atoms with E-state index in [1.807, 2.05) is 6.07 Å². The number of pyridine rings is 1. The molecule has 0 bridgehead atoms. The summed E-state index contributed by atoms with van der Waals surface area (Å²) < 4.78 is 15.6. The van der Waals surface area contributed by atoms with Crippen LogP contribution in [0.5, 0.6) is 0 Å². The van der Waals surface area contributed by atoms with Crippen molar-refractivity contribution in [3.05, 3.63) is 63.4 Å². The zero-order chi connectivity index (χ0) is 18.5. The van der Waals surface area contributed by atoms with E-state index < -0.39 is 17.7 Å². The van der Waals surface area contributed by atoms with E-state index in [1.165, 1.54) is 12.3 Å². The van der Waals surface area contributed by atoms with Crippen LogP contribution < -0.4 is 5.32 Å². The van der Waals surface area contributed by atoms with Crippen molar-refractivity contribution < 1.29 is 14.3 Å². The Morgan fingerprint density at radius 3 is 2.92 bits per heavy atom. The van der Waals surface area contributed by atoms with Crippen LogP contribution >= 0.6 is 23.2 Å². The van der Waals surface area contributed by atoms with Crippen molar-refractivity contribution in [2.45, 2.75) is 43.0 Å². The van der Waals surface area contributed by atoms with Crippen LogP contribution in [0.25, 0.3) is 0 Å². The monoisotopic (exact) mass is 394 g/mol. The summed E-state index contributed by atoms with van der Waals surface area (Å²) in [4.78, 5) is 16.8. The highest BCUT2D eigenvalue weighted by Gasteiger charge is 2.50. The fraction of sp³-hybridized carbons (Fsp3) is 0.368. The summed E-state index contributed by atoms with van der Waals surface area (Å²) in [6, 6.07) is 8.18. The Kier molecular flexibility index (Phi) is 4.41. The van der Waals surface area contributed by atoms with Crippen molar-refractivity contribution in [2.24, 2.45) is 0 Å². The summed E-state index contributed by atoms with van der Waals surface area (Å²) in [7, 11) is 0. The minimum Gasteiger partial charge on any atom is -0.387 e. The van der Waals surface area contributed by atoms with Gasteiger partial charge in [-0.3, -0.25) is 9.78 Å². The summed E-state index contributed by atoms with van der Waals surface area (Å²) in [5, 5.41) is 13.9. The highest BCUT2D eigenvalue weighted by Crippen LogP contribution is 2.46. The lowest BCUT2D eigenvalue weighted by molar-refractivity contribution is -0.135. The molecular formula is C19H17Cl2FN2O2. The Morgan fingerprint density at radius 1 is 1.35 bits per heavy atom. The van der Waals surface area contributed by atoms with Gasteiger partial charge in [0, 0.05) is 33.8 Å². The third kappa shape index (κ3) is 2.98. The van der Waals surface area contributed by atoms with Crippen LogP contribution in [0.1, 0.15) is 48.1 Å². The molecule has 0 aliphatic heterocycles. The van der Waals surface area contributed by atoms with Crippen LogP contribution in [0.15, 0.2) is 36.5 Å². The number of aliphatic hydroxyl groups is 1. The maximum Gasteiger partial charge on any atom is 0.262 e. The molecule has 2 aliphatic carbocycles. The van der Waals surface area contributed by atoms with Gasteiger partial charge in [-0.05, 0) is 43.0 Å². The van der Waals surface area contributed by atoms with E-state index in [0.29, 0.717) is 16.5 Å². The first-order valence-electron chi connectivity index (χ1n) is 8.48. The average molecular weight is 395 g/mol. The molecule has 2 N–H and O–H groups in total. The fourth-order valence-corrected chi connectivity index (χ4v) is 4.19. The number of benzene rings is 1. The van der Waals surface area contributed by atoms with Gasteiger partial charge in [-0.1, -0.05) is 35.3 Å². The van der Waals surface area contributed by atoms with E-state index in [4.69, 9.17) is 23.2 Å². The molecule has 2 unspecified atom stereocenters. The zero-order valence-corrected chi connectivity index (χ0v) is 15.3. The number of aromatic nitrogens is 1. The van der Waals surface area contributed by atoms with Gasteiger partial charge in [-0.15, -0.1) is 0 Å². The summed E-state index contributed by atoms with van der Waals surface area (Å²) in [6.45, 7) is 0. The molecule has 4 atom stereocenters. The lowest BCUT2D eigenvalue weighted by Gasteiger charge is -2.32. The molecule has 4 nitrogen and oxygen atoms in total. The number of amides is 1. The predicted octanol–water partition coefficient (Wildman–Crippen LogP) is 4.05. The number of nitrogens with zero attached hydrogens (tertiary/aromatic N) is 1. The molecule has 136 valence electrons. The van der Waals surface area contributed by atoms with Crippen molar-refractivity contribution in [1.82, 2.24) is 10.3 Å². The lowest BCUT2D eigenvalue weighted by Crippen LogP contribution is -2.45. The molecule has 0 spiro atoms. The number of aliphatic hydroxyl groups excluding tert-OH is 1. The van der Waals surface area contributed by atoms with Crippen LogP contribution in [0, 0.1) is 0 Å². The Morgan fingerprint density at radius 2 is 2.15 bits per heavy atom. The van der Waals surface area contributed by atoms with Gasteiger partial charge in [-0.25, -0.2) is 4.39 Å². The minimum absolute atomic E-state index is 0.0508. The van der Waals surface area contributed by atoms with Crippen molar-refractivity contribution in [1.29, 1.82) is 0 Å². The van der Waals surface area contributed by atoms with Crippen LogP contribution in [-0.2, 0) is 10.5 Å². The van der Waals surface area contributed by atoms with E-state index in [-0.39, 0.29) is 36.1 Å². The SMILES string of the molecule is O=C(NC1CC1c1ccc(Cl)cc1Cl)[C@]1(F)CC[C@H](O)c2ncccc21. The highest BCUT2D eigenvalue weighted by molar-refractivity contribution is 6.35. The highest BCUT2D eigenvalue weighted by atomic mass is 35.5. The van der Waals surface area contributed by atoms with Gasteiger partial charge in [0.25, 0.3) is 5.91 Å². The summed E-state index contributed by atoms with van der Waals surface area (Å²) in [5.41, 5.74) is -0.891. The second-order valence-corrected chi connectivity index (χ2v) is 7.72. The van der Waals surface area contributed by atoms with E-state index >= 15 is 4.39 Å². The molecule has 26 heavy (non-hydrogen) atoms. The minimum atomic E-state index is -2.18. The molecule has 1 heterocycles. The molecule has 1 aromatic carbocycles. The van der Waals surface area contributed by atoms with Gasteiger partial charge in [-0.2, -0.15) is 0 Å². The van der Waals surface area contributed by atoms with Gasteiger partial charge in [0.05, 0.1) is 11.8 Å². The smallest absolute Gasteiger partial charge is 0.262 e. The molecule has 1 fully saturated rings. The fourth-order valence-electron chi connectivity index (χ4n) is 3.64. The van der Waals surface area contributed by atoms with Crippen molar-refractivity contribution in [3.8, 4) is 0 Å². The van der Waals surface area contributed by atoms with Gasteiger partial charge in [0.2, 0.25) is 5.67 Å². The second-order valence-electron chi connectivity index (χ2n) is 6.88. The standard InChI is InChI=1S/C19H17Cl2FN2O2/c20-10-3-4-11(14(21)8-10)12-9-15(12)24-18(26)19(22)6-5-16(25)17-13(19)2-1-7-23-17/h1-4,7-8,12,15-16,25H,5-6,9H2,(H,24,26)/t12?,15?,16-,19-/m0/s1. The number of hydrogen-bond donors (Lipinski definition) is 2. The van der Waals surface area contributed by atoms with Crippen molar-refractivity contribution >= 4 is 29.1 Å². The average Bonchev–Trinajstić information content (AvgIpc) is 3.37. The van der Waals surface area contributed by atoms with Gasteiger partial charge in [0.15, 0.2) is 0 Å². The first-order chi connectivity index (χ1) is 12.4. The number of nitrogens with one attached hydrogen (secondary N) is 1. The zero-order valence-electron chi connectivity index (χ0n) is 13.8. The lowest BCUT2D eigenvalue weighted by atomic mass is 9.81. The maximum atomic E-state index is 15.6. The number of fused-ring (bicyclic) bond motifs is 1. The summed E-state index contributed by atoms with van der Waals surface area (Å²) in [6.07, 6.45) is 1.43. The molecule has 0 radical (unpaired) electrons. The first kappa shape index (κ1) is 17.7. The molecule has 2 aliphatic rings. The van der Waals surface area contributed by atoms with Gasteiger partial charge >= 0.3 is 0 Å². The van der Waals surface area contributed by atoms with Crippen molar-refractivity contribution in [3.63, 3.8) is 0 Å². The molecule has 2 aromatic rings. The quantitative estimate of drug-likeness (QED) is 0.824. The third-order valence-corrected chi connectivity index (χ3v) is 5.73. The van der Waals surface area contributed by atoms with Gasteiger partial charge in [0.1, 0.15) is 0 Å². The summed E-state index contributed by atoms with van der Waals surface area (Å²) in [5.74, 6) is -0.633. The number of alkyl halides is 1. The first-order valence-corrected chi connectivity index (χ1v) is 9.24. The second kappa shape index (κ2) is 6.48. The number of hydrogen-bond acceptors (Lipinski definition) is 3. The van der Waals surface area contributed by atoms with E-state index in [0.717, 1.165) is 5.56 Å². The molecule has 1 aromatic heterocycles. The number of rotatable bonds is 3. The Labute approximate surface area is 160 Å². The number of halogens is 3. The van der Waals surface area contributed by atoms with E-state index in [1.54, 1.807) is 18.2 Å². The molecule has 0 saturated heterocycles. The van der Waals surface area contributed by atoms with E-state index in [9.17, 15) is 9.90 Å². The van der Waals surface area contributed by atoms with Crippen molar-refractivity contribution in [2.75, 3.05) is 0 Å². The van der Waals surface area contributed by atoms with Crippen LogP contribution in [0.3, 0.4) is 0 Å². The largest absolute Gasteiger partial charge is 0.387 e. The number of carbonyl (C=O) groups excluding carboxylic acids is 1. The topological polar surface area (TPSA) is 62.2 Å². The Hall–Kier alpha value is -1.69. The Balaban J connectivity index is 1.52. The molecular weight excluding hydrogens is 378 g/mol. The molecule has 1 saturated carbocycles. The van der Waals surface area contributed by atoms with Crippen LogP contribution in [0.4, 0.5) is 4.39 Å². The molecule has 4 rings (SSSR count). The molecule has 7 heteroatoms. The predicted molar refractivity (Wildman–Crippen MR) is 97.0 cm³/mol. The van der Waals surface area contributed by atoms with E-state index in [2.05, 4.69) is 10.3 Å². The molecule has 1 amide bonds. The summed E-state index contributed by atoms with van der Waals surface area (Å²) >= 11 is 12.1. The normalized spacial score (nSPS) is 29.8. The van der Waals surface area contributed by atoms with Crippen LogP contribution in [0.2, 0.25) is 10.0 Å².